The zero-order valence-corrected chi connectivity index (χ0v) is 9.49. The summed E-state index contributed by atoms with van der Waals surface area (Å²) in [6, 6.07) is 2.55. The van der Waals surface area contributed by atoms with E-state index in [-0.39, 0.29) is 11.6 Å². The van der Waals surface area contributed by atoms with Crippen molar-refractivity contribution in [2.45, 2.75) is 19.8 Å². The van der Waals surface area contributed by atoms with E-state index in [9.17, 15) is 9.59 Å². The van der Waals surface area contributed by atoms with Gasteiger partial charge in [-0.25, -0.2) is 9.89 Å². The second-order valence-electron chi connectivity index (χ2n) is 3.51. The maximum atomic E-state index is 11.6. The van der Waals surface area contributed by atoms with Gasteiger partial charge in [0, 0.05) is 19.7 Å². The van der Waals surface area contributed by atoms with Gasteiger partial charge in [-0.2, -0.15) is 5.10 Å². The molecule has 0 atom stereocenters. The predicted molar refractivity (Wildman–Crippen MR) is 61.4 cm³/mol. The summed E-state index contributed by atoms with van der Waals surface area (Å²) >= 11 is 0. The van der Waals surface area contributed by atoms with E-state index in [1.807, 2.05) is 0 Å². The molecule has 0 bridgehead atoms. The molecule has 1 heterocycles. The molecule has 0 unspecified atom stereocenters. The van der Waals surface area contributed by atoms with Crippen LogP contribution in [0.3, 0.4) is 0 Å². The van der Waals surface area contributed by atoms with Gasteiger partial charge in [0.1, 0.15) is 0 Å². The zero-order valence-electron chi connectivity index (χ0n) is 9.49. The first-order valence-electron chi connectivity index (χ1n) is 5.21. The Labute approximate surface area is 93.7 Å². The summed E-state index contributed by atoms with van der Waals surface area (Å²) in [4.78, 5) is 23.9. The second-order valence-corrected chi connectivity index (χ2v) is 3.51. The van der Waals surface area contributed by atoms with Crippen LogP contribution in [-0.4, -0.2) is 34.7 Å². The number of unbranched alkanes of at least 4 members (excludes halogenated alkanes) is 1. The number of H-pyrrole nitrogens is 1. The Morgan fingerprint density at radius 1 is 1.56 bits per heavy atom. The zero-order chi connectivity index (χ0) is 12.0. The Bertz CT molecular complexity index is 382. The van der Waals surface area contributed by atoms with Crippen LogP contribution in [-0.2, 0) is 0 Å². The molecule has 0 saturated carbocycles. The van der Waals surface area contributed by atoms with Crippen LogP contribution in [0, 0.1) is 0 Å². The molecule has 2 N–H and O–H groups in total. The maximum Gasteiger partial charge on any atom is 0.322 e. The molecule has 0 aliphatic carbocycles. The third-order valence-corrected chi connectivity index (χ3v) is 2.11. The SMILES string of the molecule is CCCCN(C)C(=O)Nc1ccc(=O)[nH]n1. The van der Waals surface area contributed by atoms with E-state index in [0.29, 0.717) is 12.4 Å². The van der Waals surface area contributed by atoms with Crippen LogP contribution in [0.5, 0.6) is 0 Å². The lowest BCUT2D eigenvalue weighted by Gasteiger charge is -2.16. The molecule has 16 heavy (non-hydrogen) atoms. The number of carbonyl (C=O) groups is 1. The monoisotopic (exact) mass is 224 g/mol. The summed E-state index contributed by atoms with van der Waals surface area (Å²) < 4.78 is 0. The molecule has 0 fully saturated rings. The van der Waals surface area contributed by atoms with E-state index in [1.54, 1.807) is 11.9 Å². The normalized spacial score (nSPS) is 9.88. The molecule has 0 aromatic carbocycles. The van der Waals surface area contributed by atoms with Crippen LogP contribution in [0.2, 0.25) is 0 Å². The highest BCUT2D eigenvalue weighted by Gasteiger charge is 2.08. The highest BCUT2D eigenvalue weighted by molar-refractivity contribution is 5.87. The predicted octanol–water partition coefficient (Wildman–Crippen LogP) is 1.03. The van der Waals surface area contributed by atoms with E-state index >= 15 is 0 Å². The third-order valence-electron chi connectivity index (χ3n) is 2.11. The highest BCUT2D eigenvalue weighted by atomic mass is 16.2. The number of hydrogen-bond donors (Lipinski definition) is 2. The average Bonchev–Trinajstić information content (AvgIpc) is 2.29. The first kappa shape index (κ1) is 12.2. The van der Waals surface area contributed by atoms with Crippen molar-refractivity contribution in [2.24, 2.45) is 0 Å². The minimum Gasteiger partial charge on any atom is -0.328 e. The molecule has 88 valence electrons. The van der Waals surface area contributed by atoms with Crippen molar-refractivity contribution in [1.82, 2.24) is 15.1 Å². The van der Waals surface area contributed by atoms with Crippen molar-refractivity contribution in [2.75, 3.05) is 18.9 Å². The van der Waals surface area contributed by atoms with Gasteiger partial charge in [0.15, 0.2) is 5.82 Å². The molecule has 0 aliphatic heterocycles. The van der Waals surface area contributed by atoms with Crippen LogP contribution >= 0.6 is 0 Å². The molecular weight excluding hydrogens is 208 g/mol. The third kappa shape index (κ3) is 3.72. The number of nitrogens with one attached hydrogen (secondary N) is 2. The number of nitrogens with zero attached hydrogens (tertiary/aromatic N) is 2. The molecular formula is C10H16N4O2. The molecule has 0 saturated heterocycles. The maximum absolute atomic E-state index is 11.6. The lowest BCUT2D eigenvalue weighted by molar-refractivity contribution is 0.221. The van der Waals surface area contributed by atoms with Crippen molar-refractivity contribution in [1.29, 1.82) is 0 Å². The Kier molecular flexibility index (Phi) is 4.50. The van der Waals surface area contributed by atoms with Crippen molar-refractivity contribution >= 4 is 11.8 Å². The number of carbonyl (C=O) groups excluding carboxylic acids is 1. The lowest BCUT2D eigenvalue weighted by Crippen LogP contribution is -2.32. The van der Waals surface area contributed by atoms with E-state index in [4.69, 9.17) is 0 Å². The molecule has 6 nitrogen and oxygen atoms in total. The minimum atomic E-state index is -0.294. The fraction of sp³-hybridized carbons (Fsp3) is 0.500. The molecule has 1 aromatic rings. The average molecular weight is 224 g/mol. The smallest absolute Gasteiger partial charge is 0.322 e. The number of amides is 2. The Balaban J connectivity index is 2.50. The molecule has 6 heteroatoms. The Morgan fingerprint density at radius 2 is 2.31 bits per heavy atom. The molecule has 0 radical (unpaired) electrons. The summed E-state index contributed by atoms with van der Waals surface area (Å²) in [6.45, 7) is 2.76. The van der Waals surface area contributed by atoms with E-state index < -0.39 is 0 Å². The standard InChI is InChI=1S/C10H16N4O2/c1-3-4-7-14(2)10(16)11-8-5-6-9(15)13-12-8/h5-6H,3-4,7H2,1-2H3,(H,13,15)(H,11,12,16). The lowest BCUT2D eigenvalue weighted by atomic mass is 10.3. The topological polar surface area (TPSA) is 78.1 Å². The minimum absolute atomic E-state index is 0.229. The van der Waals surface area contributed by atoms with E-state index in [1.165, 1.54) is 12.1 Å². The van der Waals surface area contributed by atoms with Gasteiger partial charge in [0.25, 0.3) is 5.56 Å². The van der Waals surface area contributed by atoms with Crippen LogP contribution in [0.1, 0.15) is 19.8 Å². The number of hydrogen-bond acceptors (Lipinski definition) is 3. The molecule has 0 spiro atoms. The fourth-order valence-corrected chi connectivity index (χ4v) is 1.12. The molecule has 0 aliphatic rings. The van der Waals surface area contributed by atoms with Gasteiger partial charge in [-0.15, -0.1) is 0 Å². The molecule has 1 aromatic heterocycles. The fourth-order valence-electron chi connectivity index (χ4n) is 1.12. The van der Waals surface area contributed by atoms with E-state index in [0.717, 1.165) is 12.8 Å². The van der Waals surface area contributed by atoms with Crippen LogP contribution < -0.4 is 10.9 Å². The second kappa shape index (κ2) is 5.89. The first-order valence-corrected chi connectivity index (χ1v) is 5.21. The van der Waals surface area contributed by atoms with Gasteiger partial charge < -0.3 is 4.90 Å². The number of anilines is 1. The van der Waals surface area contributed by atoms with Crippen molar-refractivity contribution in [3.05, 3.63) is 22.5 Å². The van der Waals surface area contributed by atoms with Crippen molar-refractivity contribution < 1.29 is 4.79 Å². The molecule has 1 rings (SSSR count). The number of rotatable bonds is 4. The van der Waals surface area contributed by atoms with Crippen LogP contribution in [0.25, 0.3) is 0 Å². The summed E-state index contributed by atoms with van der Waals surface area (Å²) in [7, 11) is 1.72. The van der Waals surface area contributed by atoms with Crippen molar-refractivity contribution in [3.8, 4) is 0 Å². The first-order chi connectivity index (χ1) is 7.63. The van der Waals surface area contributed by atoms with Gasteiger partial charge >= 0.3 is 6.03 Å². The Hall–Kier alpha value is -1.85. The number of aromatic nitrogens is 2. The van der Waals surface area contributed by atoms with Crippen LogP contribution in [0.15, 0.2) is 16.9 Å². The van der Waals surface area contributed by atoms with Gasteiger partial charge in [-0.3, -0.25) is 10.1 Å². The number of urea groups is 1. The summed E-state index contributed by atoms with van der Waals surface area (Å²) in [5.41, 5.74) is -0.294. The quantitative estimate of drug-likeness (QED) is 0.801. The number of aromatic amines is 1. The van der Waals surface area contributed by atoms with Gasteiger partial charge in [0.05, 0.1) is 0 Å². The largest absolute Gasteiger partial charge is 0.328 e. The molecule has 2 amide bonds. The van der Waals surface area contributed by atoms with Crippen molar-refractivity contribution in [3.63, 3.8) is 0 Å². The summed E-state index contributed by atoms with van der Waals surface area (Å²) in [5, 5.41) is 8.52. The van der Waals surface area contributed by atoms with Gasteiger partial charge in [0.2, 0.25) is 0 Å². The summed E-state index contributed by atoms with van der Waals surface area (Å²) in [6.07, 6.45) is 2.00. The van der Waals surface area contributed by atoms with E-state index in [2.05, 4.69) is 22.4 Å². The van der Waals surface area contributed by atoms with Gasteiger partial charge in [-0.05, 0) is 12.5 Å². The Morgan fingerprint density at radius 3 is 2.88 bits per heavy atom. The summed E-state index contributed by atoms with van der Waals surface area (Å²) in [5.74, 6) is 0.341. The van der Waals surface area contributed by atoms with Gasteiger partial charge in [-0.1, -0.05) is 13.3 Å². The van der Waals surface area contributed by atoms with Crippen LogP contribution in [0.4, 0.5) is 10.6 Å². The highest BCUT2D eigenvalue weighted by Crippen LogP contribution is 1.99.